The number of carbonyl (C=O) groups is 1. The second-order valence-electron chi connectivity index (χ2n) is 3.71. The highest BCUT2D eigenvalue weighted by molar-refractivity contribution is 5.66. The molecule has 0 saturated carbocycles. The van der Waals surface area contributed by atoms with Crippen LogP contribution in [0.4, 0.5) is 0 Å². The molecule has 0 aromatic heterocycles. The van der Waals surface area contributed by atoms with Gasteiger partial charge in [0.25, 0.3) is 0 Å². The Balaban J connectivity index is 3.06. The van der Waals surface area contributed by atoms with Gasteiger partial charge in [0.15, 0.2) is 0 Å². The van der Waals surface area contributed by atoms with Gasteiger partial charge in [0, 0.05) is 1.37 Å². The summed E-state index contributed by atoms with van der Waals surface area (Å²) in [7, 11) is 0. The van der Waals surface area contributed by atoms with Gasteiger partial charge in [-0.1, -0.05) is 5.92 Å². The summed E-state index contributed by atoms with van der Waals surface area (Å²) >= 11 is 0. The van der Waals surface area contributed by atoms with Crippen molar-refractivity contribution >= 4 is 5.97 Å². The summed E-state index contributed by atoms with van der Waals surface area (Å²) in [5.41, 5.74) is 0. The number of hydrogen-bond donors (Lipinski definition) is 1. The fourth-order valence-electron chi connectivity index (χ4n) is 1.12. The summed E-state index contributed by atoms with van der Waals surface area (Å²) in [5.74, 6) is 1.17. The third-order valence-electron chi connectivity index (χ3n) is 2.05. The average molecular weight is 305 g/mol. The third-order valence-corrected chi connectivity index (χ3v) is 2.05. The number of aliphatic carboxylic acids is 1. The molecular formula is C14H24O7. The molecule has 0 bridgehead atoms. The molecule has 0 rings (SSSR count). The summed E-state index contributed by atoms with van der Waals surface area (Å²) < 4.78 is 32.8. The normalized spacial score (nSPS) is 12.6. The molecule has 7 nitrogen and oxygen atoms in total. The van der Waals surface area contributed by atoms with Crippen LogP contribution in [0.25, 0.3) is 0 Å². The van der Waals surface area contributed by atoms with Crippen LogP contribution in [0.5, 0.6) is 0 Å². The van der Waals surface area contributed by atoms with Gasteiger partial charge in [-0.3, -0.25) is 4.79 Å². The molecule has 0 heterocycles. The van der Waals surface area contributed by atoms with E-state index < -0.39 is 12.4 Å². The van der Waals surface area contributed by atoms with Crippen molar-refractivity contribution in [2.75, 3.05) is 66.1 Å². The molecule has 0 amide bonds. The van der Waals surface area contributed by atoms with E-state index in [-0.39, 0.29) is 13.2 Å². The number of rotatable bonds is 16. The summed E-state index contributed by atoms with van der Waals surface area (Å²) in [4.78, 5) is 10.3. The van der Waals surface area contributed by atoms with E-state index in [9.17, 15) is 4.79 Å². The van der Waals surface area contributed by atoms with Crippen LogP contribution < -0.4 is 0 Å². The predicted octanol–water partition coefficient (Wildman–Crippen LogP) is 0.177. The zero-order chi connectivity index (χ0) is 16.5. The van der Waals surface area contributed by atoms with Gasteiger partial charge in [-0.2, -0.15) is 0 Å². The lowest BCUT2D eigenvalue weighted by molar-refractivity contribution is -0.138. The molecule has 0 aliphatic rings. The van der Waals surface area contributed by atoms with E-state index in [1.165, 1.54) is 0 Å². The zero-order valence-corrected chi connectivity index (χ0v) is 12.1. The molecule has 1 N–H and O–H groups in total. The standard InChI is InChI=1S/C14H24O7/c1-2-4-17-6-8-19-10-12-21-13-11-20-9-7-18-5-3-14(15)16/h1H,3-13H2,(H,15,16)/i3D. The van der Waals surface area contributed by atoms with E-state index >= 15 is 0 Å². The van der Waals surface area contributed by atoms with Gasteiger partial charge < -0.3 is 28.8 Å². The first kappa shape index (κ1) is 17.9. The molecule has 0 aliphatic heterocycles. The minimum absolute atomic E-state index is 0.141. The summed E-state index contributed by atoms with van der Waals surface area (Å²) in [6.45, 7) is 3.47. The number of ether oxygens (including phenoxy) is 5. The van der Waals surface area contributed by atoms with E-state index in [1.807, 2.05) is 0 Å². The quantitative estimate of drug-likeness (QED) is 0.321. The van der Waals surface area contributed by atoms with Crippen LogP contribution in [0.3, 0.4) is 0 Å². The zero-order valence-electron chi connectivity index (χ0n) is 13.1. The first-order chi connectivity index (χ1) is 10.7. The lowest BCUT2D eigenvalue weighted by atomic mass is 10.5. The van der Waals surface area contributed by atoms with E-state index in [2.05, 4.69) is 5.92 Å². The number of carboxylic acid groups (broad SMARTS) is 1. The fourth-order valence-corrected chi connectivity index (χ4v) is 1.12. The van der Waals surface area contributed by atoms with Crippen molar-refractivity contribution in [3.05, 3.63) is 0 Å². The molecule has 1 unspecified atom stereocenters. The molecular weight excluding hydrogens is 280 g/mol. The van der Waals surface area contributed by atoms with Crippen LogP contribution in [0.1, 0.15) is 7.77 Å². The predicted molar refractivity (Wildman–Crippen MR) is 75.2 cm³/mol. The summed E-state index contributed by atoms with van der Waals surface area (Å²) in [6.07, 6.45) is 3.76. The Morgan fingerprint density at radius 2 is 1.24 bits per heavy atom. The van der Waals surface area contributed by atoms with Gasteiger partial charge in [-0.05, 0) is 0 Å². The highest BCUT2D eigenvalue weighted by Crippen LogP contribution is 1.85. The van der Waals surface area contributed by atoms with Crippen LogP contribution in [-0.2, 0) is 28.5 Å². The Labute approximate surface area is 126 Å². The Morgan fingerprint density at radius 3 is 1.62 bits per heavy atom. The summed E-state index contributed by atoms with van der Waals surface area (Å²) in [5, 5.41) is 8.46. The maximum absolute atomic E-state index is 10.3. The maximum atomic E-state index is 10.3. The van der Waals surface area contributed by atoms with Gasteiger partial charge in [-0.15, -0.1) is 6.42 Å². The first-order valence-corrected chi connectivity index (χ1v) is 6.65. The van der Waals surface area contributed by atoms with Crippen molar-refractivity contribution in [3.63, 3.8) is 0 Å². The molecule has 0 aliphatic carbocycles. The van der Waals surface area contributed by atoms with Crippen LogP contribution >= 0.6 is 0 Å². The van der Waals surface area contributed by atoms with Crippen LogP contribution in [0.15, 0.2) is 0 Å². The molecule has 21 heavy (non-hydrogen) atoms. The molecule has 122 valence electrons. The lowest BCUT2D eigenvalue weighted by Gasteiger charge is -2.07. The Hall–Kier alpha value is -1.17. The van der Waals surface area contributed by atoms with Gasteiger partial charge in [-0.25, -0.2) is 0 Å². The minimum atomic E-state index is -1.25. The fraction of sp³-hybridized carbons (Fsp3) is 0.786. The van der Waals surface area contributed by atoms with E-state index in [0.29, 0.717) is 52.9 Å². The average Bonchev–Trinajstić information content (AvgIpc) is 2.50. The van der Waals surface area contributed by atoms with Crippen molar-refractivity contribution in [2.24, 2.45) is 0 Å². The molecule has 1 atom stereocenters. The SMILES string of the molecule is [2H]C(COCCOCCOCCOCCOCC#C)C(=O)O. The topological polar surface area (TPSA) is 83.5 Å². The Bertz CT molecular complexity index is 306. The van der Waals surface area contributed by atoms with Crippen molar-refractivity contribution in [1.82, 2.24) is 0 Å². The third kappa shape index (κ3) is 18.8. The van der Waals surface area contributed by atoms with Crippen molar-refractivity contribution in [1.29, 1.82) is 0 Å². The van der Waals surface area contributed by atoms with Crippen LogP contribution in [0.2, 0.25) is 0 Å². The van der Waals surface area contributed by atoms with Gasteiger partial charge >= 0.3 is 5.97 Å². The molecule has 0 aromatic rings. The minimum Gasteiger partial charge on any atom is -0.481 e. The van der Waals surface area contributed by atoms with Crippen molar-refractivity contribution in [2.45, 2.75) is 6.40 Å². The van der Waals surface area contributed by atoms with E-state index in [0.717, 1.165) is 0 Å². The van der Waals surface area contributed by atoms with Gasteiger partial charge in [0.05, 0.1) is 65.9 Å². The molecule has 0 radical (unpaired) electrons. The second kappa shape index (κ2) is 16.9. The smallest absolute Gasteiger partial charge is 0.305 e. The van der Waals surface area contributed by atoms with E-state index in [4.69, 9.17) is 36.6 Å². The second-order valence-corrected chi connectivity index (χ2v) is 3.71. The van der Waals surface area contributed by atoms with Crippen molar-refractivity contribution < 1.29 is 35.0 Å². The Morgan fingerprint density at radius 1 is 0.857 bits per heavy atom. The molecule has 0 spiro atoms. The molecule has 0 fully saturated rings. The van der Waals surface area contributed by atoms with Gasteiger partial charge in [0.1, 0.15) is 6.61 Å². The Kier molecular flexibility index (Phi) is 14.4. The van der Waals surface area contributed by atoms with E-state index in [1.54, 1.807) is 0 Å². The highest BCUT2D eigenvalue weighted by Gasteiger charge is 1.96. The summed E-state index contributed by atoms with van der Waals surface area (Å²) in [6, 6.07) is 0. The van der Waals surface area contributed by atoms with Crippen LogP contribution in [-0.4, -0.2) is 77.1 Å². The molecule has 7 heteroatoms. The first-order valence-electron chi connectivity index (χ1n) is 7.23. The number of hydrogen-bond acceptors (Lipinski definition) is 6. The molecule has 0 saturated heterocycles. The number of carboxylic acids is 1. The maximum Gasteiger partial charge on any atom is 0.305 e. The van der Waals surface area contributed by atoms with Crippen molar-refractivity contribution in [3.8, 4) is 12.3 Å². The number of terminal acetylenes is 1. The van der Waals surface area contributed by atoms with Gasteiger partial charge in [0.2, 0.25) is 0 Å². The van der Waals surface area contributed by atoms with Crippen LogP contribution in [0, 0.1) is 12.3 Å². The lowest BCUT2D eigenvalue weighted by Crippen LogP contribution is -2.13. The largest absolute Gasteiger partial charge is 0.481 e. The monoisotopic (exact) mass is 305 g/mol. The highest BCUT2D eigenvalue weighted by atomic mass is 16.6. The molecule has 0 aromatic carbocycles.